The van der Waals surface area contributed by atoms with Crippen molar-refractivity contribution in [3.05, 3.63) is 35.9 Å². The number of amides is 1. The van der Waals surface area contributed by atoms with E-state index in [1.807, 2.05) is 30.3 Å². The number of carbonyl (C=O) groups is 1. The van der Waals surface area contributed by atoms with E-state index in [-0.39, 0.29) is 11.9 Å². The summed E-state index contributed by atoms with van der Waals surface area (Å²) in [7, 11) is 0. The second-order valence-corrected chi connectivity index (χ2v) is 5.08. The number of nitrogens with one attached hydrogen (secondary N) is 1. The Bertz CT molecular complexity index is 388. The lowest BCUT2D eigenvalue weighted by Crippen LogP contribution is -2.33. The van der Waals surface area contributed by atoms with E-state index in [9.17, 15) is 4.79 Å². The second-order valence-electron chi connectivity index (χ2n) is 5.08. The van der Waals surface area contributed by atoms with Crippen LogP contribution in [0.1, 0.15) is 30.9 Å². The van der Waals surface area contributed by atoms with Crippen molar-refractivity contribution in [1.29, 1.82) is 0 Å². The lowest BCUT2D eigenvalue weighted by Gasteiger charge is -2.21. The predicted molar refractivity (Wildman–Crippen MR) is 74.5 cm³/mol. The molecule has 104 valence electrons. The van der Waals surface area contributed by atoms with Crippen LogP contribution in [0.4, 0.5) is 0 Å². The number of ether oxygens (including phenoxy) is 1. The van der Waals surface area contributed by atoms with Gasteiger partial charge in [-0.1, -0.05) is 30.3 Å². The molecule has 4 heteroatoms. The van der Waals surface area contributed by atoms with Gasteiger partial charge in [-0.25, -0.2) is 0 Å². The average molecular weight is 262 g/mol. The maximum Gasteiger partial charge on any atom is 0.220 e. The minimum absolute atomic E-state index is 0.0956. The van der Waals surface area contributed by atoms with Crippen LogP contribution in [-0.2, 0) is 9.53 Å². The minimum atomic E-state index is -0.139. The number of nitrogens with two attached hydrogens (primary N) is 1. The van der Waals surface area contributed by atoms with Gasteiger partial charge in [0.25, 0.3) is 0 Å². The number of benzene rings is 1. The number of rotatable bonds is 5. The van der Waals surface area contributed by atoms with Crippen LogP contribution < -0.4 is 11.1 Å². The molecule has 1 atom stereocenters. The van der Waals surface area contributed by atoms with E-state index in [0.717, 1.165) is 31.6 Å². The van der Waals surface area contributed by atoms with Gasteiger partial charge in [0.2, 0.25) is 5.91 Å². The van der Waals surface area contributed by atoms with Gasteiger partial charge in [0.15, 0.2) is 0 Å². The van der Waals surface area contributed by atoms with Gasteiger partial charge in [-0.05, 0) is 24.3 Å². The first kappa shape index (κ1) is 14.0. The Morgan fingerprint density at radius 3 is 2.68 bits per heavy atom. The summed E-state index contributed by atoms with van der Waals surface area (Å²) >= 11 is 0. The van der Waals surface area contributed by atoms with Crippen molar-refractivity contribution in [1.82, 2.24) is 5.32 Å². The largest absolute Gasteiger partial charge is 0.381 e. The summed E-state index contributed by atoms with van der Waals surface area (Å²) in [6.07, 6.45) is 2.56. The first-order valence-corrected chi connectivity index (χ1v) is 6.90. The van der Waals surface area contributed by atoms with Gasteiger partial charge in [-0.3, -0.25) is 4.79 Å². The van der Waals surface area contributed by atoms with Crippen LogP contribution in [0, 0.1) is 5.92 Å². The van der Waals surface area contributed by atoms with Crippen LogP contribution in [0.5, 0.6) is 0 Å². The van der Waals surface area contributed by atoms with Gasteiger partial charge in [0.1, 0.15) is 0 Å². The molecule has 0 spiro atoms. The molecular formula is C15H22N2O2. The molecule has 1 unspecified atom stereocenters. The molecule has 0 radical (unpaired) electrons. The summed E-state index contributed by atoms with van der Waals surface area (Å²) in [4.78, 5) is 11.8. The first-order chi connectivity index (χ1) is 9.25. The number of hydrogen-bond acceptors (Lipinski definition) is 3. The molecule has 4 nitrogen and oxygen atoms in total. The van der Waals surface area contributed by atoms with Gasteiger partial charge in [0, 0.05) is 32.2 Å². The van der Waals surface area contributed by atoms with E-state index in [0.29, 0.717) is 18.9 Å². The summed E-state index contributed by atoms with van der Waals surface area (Å²) in [5, 5.41) is 2.92. The fraction of sp³-hybridized carbons (Fsp3) is 0.533. The maximum atomic E-state index is 11.8. The lowest BCUT2D eigenvalue weighted by molar-refractivity contribution is -0.122. The normalized spacial score (nSPS) is 17.9. The van der Waals surface area contributed by atoms with E-state index in [2.05, 4.69) is 5.32 Å². The molecule has 2 rings (SSSR count). The van der Waals surface area contributed by atoms with E-state index in [1.54, 1.807) is 0 Å². The monoisotopic (exact) mass is 262 g/mol. The summed E-state index contributed by atoms with van der Waals surface area (Å²) in [6.45, 7) is 2.05. The SMILES string of the molecule is NC(CNC(=O)CC1CCOCC1)c1ccccc1. The molecule has 0 saturated carbocycles. The lowest BCUT2D eigenvalue weighted by atomic mass is 9.96. The van der Waals surface area contributed by atoms with Crippen LogP contribution in [0.3, 0.4) is 0 Å². The molecule has 1 aromatic rings. The zero-order valence-corrected chi connectivity index (χ0v) is 11.2. The molecule has 1 saturated heterocycles. The van der Waals surface area contributed by atoms with Gasteiger partial charge >= 0.3 is 0 Å². The minimum Gasteiger partial charge on any atom is -0.381 e. The molecule has 1 fully saturated rings. The molecule has 0 bridgehead atoms. The van der Waals surface area contributed by atoms with E-state index in [1.165, 1.54) is 0 Å². The van der Waals surface area contributed by atoms with Crippen LogP contribution >= 0.6 is 0 Å². The van der Waals surface area contributed by atoms with Crippen molar-refractivity contribution in [2.24, 2.45) is 11.7 Å². The van der Waals surface area contributed by atoms with Crippen LogP contribution in [0.2, 0.25) is 0 Å². The zero-order chi connectivity index (χ0) is 13.5. The Hall–Kier alpha value is -1.39. The Labute approximate surface area is 114 Å². The molecule has 1 aliphatic rings. The zero-order valence-electron chi connectivity index (χ0n) is 11.2. The van der Waals surface area contributed by atoms with Gasteiger partial charge in [-0.2, -0.15) is 0 Å². The highest BCUT2D eigenvalue weighted by molar-refractivity contribution is 5.76. The quantitative estimate of drug-likeness (QED) is 0.847. The van der Waals surface area contributed by atoms with Crippen LogP contribution in [-0.4, -0.2) is 25.7 Å². The van der Waals surface area contributed by atoms with Crippen molar-refractivity contribution >= 4 is 5.91 Å². The summed E-state index contributed by atoms with van der Waals surface area (Å²) in [6, 6.07) is 9.70. The Morgan fingerprint density at radius 1 is 1.32 bits per heavy atom. The summed E-state index contributed by atoms with van der Waals surface area (Å²) in [5.74, 6) is 0.556. The standard InChI is InChI=1S/C15H22N2O2/c16-14(13-4-2-1-3-5-13)11-17-15(18)10-12-6-8-19-9-7-12/h1-5,12,14H,6-11,16H2,(H,17,18). The predicted octanol–water partition coefficient (Wildman–Crippen LogP) is 1.62. The van der Waals surface area contributed by atoms with E-state index >= 15 is 0 Å². The van der Waals surface area contributed by atoms with Crippen molar-refractivity contribution < 1.29 is 9.53 Å². The fourth-order valence-electron chi connectivity index (χ4n) is 2.33. The molecule has 1 amide bonds. The van der Waals surface area contributed by atoms with Crippen LogP contribution in [0.15, 0.2) is 30.3 Å². The highest BCUT2D eigenvalue weighted by atomic mass is 16.5. The van der Waals surface area contributed by atoms with Crippen LogP contribution in [0.25, 0.3) is 0 Å². The fourth-order valence-corrected chi connectivity index (χ4v) is 2.33. The highest BCUT2D eigenvalue weighted by Gasteiger charge is 2.17. The third-order valence-electron chi connectivity index (χ3n) is 3.56. The molecule has 19 heavy (non-hydrogen) atoms. The molecule has 0 aromatic heterocycles. The van der Waals surface area contributed by atoms with Crippen molar-refractivity contribution in [2.45, 2.75) is 25.3 Å². The highest BCUT2D eigenvalue weighted by Crippen LogP contribution is 2.18. The third kappa shape index (κ3) is 4.65. The van der Waals surface area contributed by atoms with Gasteiger partial charge in [-0.15, -0.1) is 0 Å². The van der Waals surface area contributed by atoms with Crippen molar-refractivity contribution in [3.8, 4) is 0 Å². The molecule has 1 aliphatic heterocycles. The average Bonchev–Trinajstić information content (AvgIpc) is 2.47. The Morgan fingerprint density at radius 2 is 2.00 bits per heavy atom. The Balaban J connectivity index is 1.71. The third-order valence-corrected chi connectivity index (χ3v) is 3.56. The second kappa shape index (κ2) is 7.26. The molecule has 1 heterocycles. The molecule has 1 aromatic carbocycles. The number of hydrogen-bond donors (Lipinski definition) is 2. The Kier molecular flexibility index (Phi) is 5.36. The summed E-state index contributed by atoms with van der Waals surface area (Å²) < 4.78 is 5.29. The molecule has 3 N–H and O–H groups in total. The van der Waals surface area contributed by atoms with E-state index < -0.39 is 0 Å². The van der Waals surface area contributed by atoms with E-state index in [4.69, 9.17) is 10.5 Å². The van der Waals surface area contributed by atoms with Gasteiger partial charge < -0.3 is 15.8 Å². The maximum absolute atomic E-state index is 11.8. The van der Waals surface area contributed by atoms with Crippen molar-refractivity contribution in [2.75, 3.05) is 19.8 Å². The molecular weight excluding hydrogens is 240 g/mol. The topological polar surface area (TPSA) is 64.3 Å². The van der Waals surface area contributed by atoms with Crippen molar-refractivity contribution in [3.63, 3.8) is 0 Å². The summed E-state index contributed by atoms with van der Waals surface area (Å²) in [5.41, 5.74) is 7.09. The number of carbonyl (C=O) groups excluding carboxylic acids is 1. The molecule has 0 aliphatic carbocycles. The van der Waals surface area contributed by atoms with Gasteiger partial charge in [0.05, 0.1) is 0 Å². The first-order valence-electron chi connectivity index (χ1n) is 6.90. The smallest absolute Gasteiger partial charge is 0.220 e.